The summed E-state index contributed by atoms with van der Waals surface area (Å²) in [5, 5.41) is 4.98. The van der Waals surface area contributed by atoms with Crippen molar-refractivity contribution in [3.8, 4) is 0 Å². The van der Waals surface area contributed by atoms with Gasteiger partial charge in [0.25, 0.3) is 0 Å². The lowest BCUT2D eigenvalue weighted by Crippen LogP contribution is -2.42. The van der Waals surface area contributed by atoms with Crippen molar-refractivity contribution in [3.05, 3.63) is 15.8 Å². The number of thiophene rings is 1. The van der Waals surface area contributed by atoms with Gasteiger partial charge in [0.1, 0.15) is 4.90 Å². The average molecular weight is 302 g/mol. The molecule has 19 heavy (non-hydrogen) atoms. The molecule has 0 aliphatic carbocycles. The first-order valence-corrected chi connectivity index (χ1v) is 8.87. The van der Waals surface area contributed by atoms with E-state index >= 15 is 0 Å². The van der Waals surface area contributed by atoms with Crippen LogP contribution in [0.25, 0.3) is 0 Å². The first-order valence-electron chi connectivity index (χ1n) is 6.55. The Kier molecular flexibility index (Phi) is 4.07. The molecule has 1 aromatic rings. The molecule has 4 nitrogen and oxygen atoms in total. The van der Waals surface area contributed by atoms with Crippen molar-refractivity contribution in [1.29, 1.82) is 0 Å². The maximum Gasteiger partial charge on any atom is 0.244 e. The Morgan fingerprint density at radius 1 is 1.47 bits per heavy atom. The van der Waals surface area contributed by atoms with E-state index in [4.69, 9.17) is 0 Å². The van der Waals surface area contributed by atoms with Crippen LogP contribution in [0.2, 0.25) is 0 Å². The van der Waals surface area contributed by atoms with Crippen LogP contribution in [0.4, 0.5) is 0 Å². The van der Waals surface area contributed by atoms with Crippen molar-refractivity contribution in [2.45, 2.75) is 50.6 Å². The van der Waals surface area contributed by atoms with Crippen LogP contribution < -0.4 is 5.32 Å². The molecular weight excluding hydrogens is 280 g/mol. The summed E-state index contributed by atoms with van der Waals surface area (Å²) >= 11 is 1.52. The van der Waals surface area contributed by atoms with Gasteiger partial charge in [-0.3, -0.25) is 0 Å². The molecule has 0 amide bonds. The number of hydrogen-bond acceptors (Lipinski definition) is 4. The van der Waals surface area contributed by atoms with Crippen LogP contribution in [0, 0.1) is 6.92 Å². The molecule has 1 saturated heterocycles. The molecule has 0 unspecified atom stereocenters. The quantitative estimate of drug-likeness (QED) is 0.929. The molecule has 0 saturated carbocycles. The lowest BCUT2D eigenvalue weighted by molar-refractivity contribution is 0.291. The fraction of sp³-hybridized carbons (Fsp3) is 0.692. The minimum absolute atomic E-state index is 0.274. The average Bonchev–Trinajstić information content (AvgIpc) is 2.83. The molecule has 108 valence electrons. The number of hydrogen-bond donors (Lipinski definition) is 1. The Balaban J connectivity index is 2.48. The van der Waals surface area contributed by atoms with Crippen molar-refractivity contribution in [1.82, 2.24) is 9.62 Å². The van der Waals surface area contributed by atoms with Crippen molar-refractivity contribution in [2.24, 2.45) is 0 Å². The molecule has 2 heterocycles. The predicted molar refractivity (Wildman–Crippen MR) is 79.0 cm³/mol. The summed E-state index contributed by atoms with van der Waals surface area (Å²) in [7, 11) is -1.54. The summed E-state index contributed by atoms with van der Waals surface area (Å²) in [6, 6.07) is 0. The van der Waals surface area contributed by atoms with Crippen LogP contribution in [-0.4, -0.2) is 31.9 Å². The number of sulfonamides is 1. The highest BCUT2D eigenvalue weighted by Gasteiger charge is 2.42. The minimum Gasteiger partial charge on any atom is -0.315 e. The van der Waals surface area contributed by atoms with E-state index in [1.165, 1.54) is 11.3 Å². The third-order valence-corrected chi connectivity index (χ3v) is 7.27. The Morgan fingerprint density at radius 3 is 2.68 bits per heavy atom. The third kappa shape index (κ3) is 2.59. The summed E-state index contributed by atoms with van der Waals surface area (Å²) in [4.78, 5) is 1.42. The minimum atomic E-state index is -3.38. The topological polar surface area (TPSA) is 49.4 Å². The molecule has 6 heteroatoms. The van der Waals surface area contributed by atoms with E-state index in [1.807, 2.05) is 33.2 Å². The number of rotatable bonds is 4. The summed E-state index contributed by atoms with van der Waals surface area (Å²) in [6.07, 6.45) is 1.87. The van der Waals surface area contributed by atoms with Gasteiger partial charge >= 0.3 is 0 Å². The van der Waals surface area contributed by atoms with Gasteiger partial charge in [-0.1, -0.05) is 0 Å². The summed E-state index contributed by atoms with van der Waals surface area (Å²) in [5.74, 6) is 0. The highest BCUT2D eigenvalue weighted by molar-refractivity contribution is 7.89. The molecule has 0 atom stereocenters. The van der Waals surface area contributed by atoms with Gasteiger partial charge in [-0.2, -0.15) is 4.31 Å². The molecule has 1 fully saturated rings. The molecular formula is C13H22N2O2S2. The van der Waals surface area contributed by atoms with Gasteiger partial charge in [0.05, 0.1) is 0 Å². The van der Waals surface area contributed by atoms with Crippen molar-refractivity contribution in [3.63, 3.8) is 0 Å². The molecule has 1 aliphatic rings. The second-order valence-electron chi connectivity index (χ2n) is 5.69. The standard InChI is InChI=1S/C13H22N2O2S2/c1-10-9-18-11(8-14-4)12(10)19(16,17)15-7-5-6-13(15,2)3/h9,14H,5-8H2,1-4H3. The van der Waals surface area contributed by atoms with E-state index in [0.717, 1.165) is 23.3 Å². The SMILES string of the molecule is CNCc1scc(C)c1S(=O)(=O)N1CCCC1(C)C. The second kappa shape index (κ2) is 5.16. The normalized spacial score (nSPS) is 20.0. The second-order valence-corrected chi connectivity index (χ2v) is 8.46. The van der Waals surface area contributed by atoms with E-state index in [2.05, 4.69) is 5.32 Å². The zero-order chi connectivity index (χ0) is 14.3. The van der Waals surface area contributed by atoms with Crippen LogP contribution in [0.15, 0.2) is 10.3 Å². The lowest BCUT2D eigenvalue weighted by atomic mass is 10.0. The van der Waals surface area contributed by atoms with Crippen molar-refractivity contribution < 1.29 is 8.42 Å². The molecule has 0 aromatic carbocycles. The Labute approximate surface area is 119 Å². The van der Waals surface area contributed by atoms with Gasteiger partial charge in [-0.05, 0) is 51.6 Å². The van der Waals surface area contributed by atoms with Gasteiger partial charge in [0.2, 0.25) is 10.0 Å². The zero-order valence-electron chi connectivity index (χ0n) is 12.0. The van der Waals surface area contributed by atoms with Gasteiger partial charge < -0.3 is 5.32 Å². The van der Waals surface area contributed by atoms with E-state index in [1.54, 1.807) is 4.31 Å². The fourth-order valence-corrected chi connectivity index (χ4v) is 6.38. The number of nitrogens with one attached hydrogen (secondary N) is 1. The molecule has 0 radical (unpaired) electrons. The van der Waals surface area contributed by atoms with E-state index in [-0.39, 0.29) is 5.54 Å². The molecule has 1 aromatic heterocycles. The van der Waals surface area contributed by atoms with E-state index < -0.39 is 10.0 Å². The highest BCUT2D eigenvalue weighted by atomic mass is 32.2. The van der Waals surface area contributed by atoms with Crippen LogP contribution in [-0.2, 0) is 16.6 Å². The summed E-state index contributed by atoms with van der Waals surface area (Å²) in [6.45, 7) is 7.13. The van der Waals surface area contributed by atoms with Crippen LogP contribution in [0.3, 0.4) is 0 Å². The maximum atomic E-state index is 12.9. The summed E-state index contributed by atoms with van der Waals surface area (Å²) in [5.41, 5.74) is 0.586. The molecule has 1 N–H and O–H groups in total. The monoisotopic (exact) mass is 302 g/mol. The lowest BCUT2D eigenvalue weighted by Gasteiger charge is -2.31. The van der Waals surface area contributed by atoms with E-state index in [0.29, 0.717) is 18.0 Å². The van der Waals surface area contributed by atoms with Crippen LogP contribution >= 0.6 is 11.3 Å². The van der Waals surface area contributed by atoms with Crippen LogP contribution in [0.1, 0.15) is 37.1 Å². The molecule has 0 spiro atoms. The van der Waals surface area contributed by atoms with Gasteiger partial charge in [-0.25, -0.2) is 8.42 Å². The van der Waals surface area contributed by atoms with Crippen LogP contribution in [0.5, 0.6) is 0 Å². The smallest absolute Gasteiger partial charge is 0.244 e. The van der Waals surface area contributed by atoms with Crippen molar-refractivity contribution >= 4 is 21.4 Å². The number of aryl methyl sites for hydroxylation is 1. The molecule has 1 aliphatic heterocycles. The Hall–Kier alpha value is -0.430. The predicted octanol–water partition coefficient (Wildman–Crippen LogP) is 2.34. The first kappa shape index (κ1) is 15.0. The summed E-state index contributed by atoms with van der Waals surface area (Å²) < 4.78 is 27.5. The van der Waals surface area contributed by atoms with E-state index in [9.17, 15) is 8.42 Å². The first-order chi connectivity index (χ1) is 8.80. The molecule has 2 rings (SSSR count). The van der Waals surface area contributed by atoms with Gasteiger partial charge in [0, 0.05) is 23.5 Å². The number of nitrogens with zero attached hydrogens (tertiary/aromatic N) is 1. The Bertz CT molecular complexity index is 561. The highest BCUT2D eigenvalue weighted by Crippen LogP contribution is 2.37. The fourth-order valence-electron chi connectivity index (χ4n) is 2.75. The maximum absolute atomic E-state index is 12.9. The zero-order valence-corrected chi connectivity index (χ0v) is 13.6. The largest absolute Gasteiger partial charge is 0.315 e. The van der Waals surface area contributed by atoms with Crippen molar-refractivity contribution in [2.75, 3.05) is 13.6 Å². The third-order valence-electron chi connectivity index (χ3n) is 3.70. The van der Waals surface area contributed by atoms with Gasteiger partial charge in [0.15, 0.2) is 0 Å². The molecule has 0 bridgehead atoms. The Morgan fingerprint density at radius 2 is 2.16 bits per heavy atom. The van der Waals surface area contributed by atoms with Gasteiger partial charge in [-0.15, -0.1) is 11.3 Å².